The number of hydrogen-bond donors (Lipinski definition) is 1. The second-order valence-electron chi connectivity index (χ2n) is 5.42. The summed E-state index contributed by atoms with van der Waals surface area (Å²) in [5.74, 6) is 0.505. The lowest BCUT2D eigenvalue weighted by Gasteiger charge is -2.36. The fourth-order valence-electron chi connectivity index (χ4n) is 3.62. The van der Waals surface area contributed by atoms with Crippen molar-refractivity contribution in [2.75, 3.05) is 0 Å². The summed E-state index contributed by atoms with van der Waals surface area (Å²) < 4.78 is 0. The van der Waals surface area contributed by atoms with Crippen LogP contribution in [0.4, 0.5) is 0 Å². The number of benzene rings is 1. The number of aryl methyl sites for hydroxylation is 1. The van der Waals surface area contributed by atoms with E-state index in [-0.39, 0.29) is 0 Å². The van der Waals surface area contributed by atoms with Gasteiger partial charge in [-0.15, -0.1) is 0 Å². The number of fused-ring (bicyclic) bond motifs is 1. The molecule has 86 valence electrons. The van der Waals surface area contributed by atoms with Gasteiger partial charge in [0.25, 0.3) is 0 Å². The third kappa shape index (κ3) is 1.49. The number of aliphatic hydroxyl groups is 1. The summed E-state index contributed by atoms with van der Waals surface area (Å²) in [6.07, 6.45) is 8.38. The molecule has 1 unspecified atom stereocenters. The predicted octanol–water partition coefficient (Wildman–Crippen LogP) is 3.40. The topological polar surface area (TPSA) is 20.2 Å². The molecular formula is C15H20O. The van der Waals surface area contributed by atoms with Crippen molar-refractivity contribution in [1.29, 1.82) is 0 Å². The van der Waals surface area contributed by atoms with Gasteiger partial charge in [0.05, 0.1) is 5.60 Å². The molecule has 1 aromatic carbocycles. The molecule has 3 rings (SSSR count). The van der Waals surface area contributed by atoms with Crippen LogP contribution < -0.4 is 0 Å². The highest BCUT2D eigenvalue weighted by Gasteiger charge is 2.43. The Balaban J connectivity index is 1.94. The first-order valence-electron chi connectivity index (χ1n) is 6.61. The second-order valence-corrected chi connectivity index (χ2v) is 5.42. The normalized spacial score (nSPS) is 30.3. The van der Waals surface area contributed by atoms with Crippen LogP contribution in [0, 0.1) is 5.92 Å². The Morgan fingerprint density at radius 3 is 2.62 bits per heavy atom. The van der Waals surface area contributed by atoms with Crippen molar-refractivity contribution < 1.29 is 5.11 Å². The molecule has 0 saturated heterocycles. The highest BCUT2D eigenvalue weighted by Crippen LogP contribution is 2.47. The van der Waals surface area contributed by atoms with E-state index >= 15 is 0 Å². The van der Waals surface area contributed by atoms with E-state index in [2.05, 4.69) is 24.3 Å². The third-order valence-electron chi connectivity index (χ3n) is 4.54. The van der Waals surface area contributed by atoms with Gasteiger partial charge in [-0.1, -0.05) is 43.5 Å². The molecule has 1 aromatic rings. The summed E-state index contributed by atoms with van der Waals surface area (Å²) >= 11 is 0. The lowest BCUT2D eigenvalue weighted by atomic mass is 9.74. The fraction of sp³-hybridized carbons (Fsp3) is 0.600. The lowest BCUT2D eigenvalue weighted by Crippen LogP contribution is -2.34. The molecule has 2 aliphatic rings. The zero-order valence-corrected chi connectivity index (χ0v) is 9.78. The van der Waals surface area contributed by atoms with Gasteiger partial charge in [-0.25, -0.2) is 0 Å². The minimum absolute atomic E-state index is 0.503. The van der Waals surface area contributed by atoms with E-state index in [1.165, 1.54) is 43.2 Å². The molecule has 0 heterocycles. The summed E-state index contributed by atoms with van der Waals surface area (Å²) in [7, 11) is 0. The first-order chi connectivity index (χ1) is 7.81. The SMILES string of the molecule is OC1(C2CCCCC2)CCc2ccccc21. The molecule has 0 bridgehead atoms. The first kappa shape index (κ1) is 10.3. The zero-order valence-electron chi connectivity index (χ0n) is 9.78. The van der Waals surface area contributed by atoms with Gasteiger partial charge >= 0.3 is 0 Å². The molecule has 0 radical (unpaired) electrons. The average Bonchev–Trinajstić information content (AvgIpc) is 2.71. The summed E-state index contributed by atoms with van der Waals surface area (Å²) in [4.78, 5) is 0. The number of rotatable bonds is 1. The van der Waals surface area contributed by atoms with Crippen LogP contribution in [0.2, 0.25) is 0 Å². The minimum atomic E-state index is -0.503. The van der Waals surface area contributed by atoms with Crippen molar-refractivity contribution in [3.8, 4) is 0 Å². The largest absolute Gasteiger partial charge is 0.385 e. The molecule has 1 heteroatoms. The molecule has 16 heavy (non-hydrogen) atoms. The van der Waals surface area contributed by atoms with Gasteiger partial charge in [0.15, 0.2) is 0 Å². The van der Waals surface area contributed by atoms with Crippen LogP contribution >= 0.6 is 0 Å². The monoisotopic (exact) mass is 216 g/mol. The van der Waals surface area contributed by atoms with Crippen LogP contribution in [-0.4, -0.2) is 5.11 Å². The molecule has 0 aromatic heterocycles. The van der Waals surface area contributed by atoms with Crippen LogP contribution in [0.15, 0.2) is 24.3 Å². The maximum atomic E-state index is 11.0. The Kier molecular flexibility index (Phi) is 2.51. The summed E-state index contributed by atoms with van der Waals surface area (Å²) in [5.41, 5.74) is 2.09. The Bertz CT molecular complexity index is 379. The van der Waals surface area contributed by atoms with Crippen LogP contribution in [0.1, 0.15) is 49.7 Å². The molecule has 1 N–H and O–H groups in total. The van der Waals surface area contributed by atoms with Crippen molar-refractivity contribution in [3.05, 3.63) is 35.4 Å². The zero-order chi connectivity index (χ0) is 11.0. The molecule has 0 spiro atoms. The van der Waals surface area contributed by atoms with Gasteiger partial charge in [-0.3, -0.25) is 0 Å². The number of hydrogen-bond acceptors (Lipinski definition) is 1. The van der Waals surface area contributed by atoms with Crippen molar-refractivity contribution in [2.24, 2.45) is 5.92 Å². The highest BCUT2D eigenvalue weighted by molar-refractivity contribution is 5.37. The molecule has 1 saturated carbocycles. The Morgan fingerprint density at radius 1 is 1.06 bits per heavy atom. The van der Waals surface area contributed by atoms with Crippen molar-refractivity contribution in [2.45, 2.75) is 50.5 Å². The quantitative estimate of drug-likeness (QED) is 0.762. The van der Waals surface area contributed by atoms with Crippen LogP contribution in [-0.2, 0) is 12.0 Å². The maximum Gasteiger partial charge on any atom is 0.0930 e. The van der Waals surface area contributed by atoms with E-state index in [9.17, 15) is 5.11 Å². The van der Waals surface area contributed by atoms with E-state index in [1.54, 1.807) is 0 Å². The van der Waals surface area contributed by atoms with Gasteiger partial charge in [0.2, 0.25) is 0 Å². The van der Waals surface area contributed by atoms with Crippen LogP contribution in [0.25, 0.3) is 0 Å². The van der Waals surface area contributed by atoms with E-state index in [4.69, 9.17) is 0 Å². The van der Waals surface area contributed by atoms with E-state index in [0.29, 0.717) is 5.92 Å². The van der Waals surface area contributed by atoms with Crippen molar-refractivity contribution in [1.82, 2.24) is 0 Å². The molecule has 0 amide bonds. The van der Waals surface area contributed by atoms with Gasteiger partial charge in [-0.2, -0.15) is 0 Å². The van der Waals surface area contributed by atoms with E-state index in [1.807, 2.05) is 0 Å². The van der Waals surface area contributed by atoms with Gasteiger partial charge in [0, 0.05) is 0 Å². The predicted molar refractivity (Wildman–Crippen MR) is 65.2 cm³/mol. The molecular weight excluding hydrogens is 196 g/mol. The summed E-state index contributed by atoms with van der Waals surface area (Å²) in [6, 6.07) is 8.47. The molecule has 1 atom stereocenters. The van der Waals surface area contributed by atoms with Crippen LogP contribution in [0.3, 0.4) is 0 Å². The maximum absolute atomic E-state index is 11.0. The van der Waals surface area contributed by atoms with Crippen molar-refractivity contribution in [3.63, 3.8) is 0 Å². The lowest BCUT2D eigenvalue weighted by molar-refractivity contribution is -0.0369. The van der Waals surface area contributed by atoms with E-state index in [0.717, 1.165) is 12.8 Å². The molecule has 2 aliphatic carbocycles. The average molecular weight is 216 g/mol. The molecule has 0 aliphatic heterocycles. The van der Waals surface area contributed by atoms with Gasteiger partial charge < -0.3 is 5.11 Å². The fourth-order valence-corrected chi connectivity index (χ4v) is 3.62. The highest BCUT2D eigenvalue weighted by atomic mass is 16.3. The third-order valence-corrected chi connectivity index (χ3v) is 4.54. The van der Waals surface area contributed by atoms with Gasteiger partial charge in [0.1, 0.15) is 0 Å². The Morgan fingerprint density at radius 2 is 1.81 bits per heavy atom. The summed E-state index contributed by atoms with van der Waals surface area (Å²) in [5, 5.41) is 11.0. The van der Waals surface area contributed by atoms with E-state index < -0.39 is 5.60 Å². The summed E-state index contributed by atoms with van der Waals surface area (Å²) in [6.45, 7) is 0. The molecule has 1 nitrogen and oxygen atoms in total. The second kappa shape index (κ2) is 3.89. The Hall–Kier alpha value is -0.820. The van der Waals surface area contributed by atoms with Crippen molar-refractivity contribution >= 4 is 0 Å². The smallest absolute Gasteiger partial charge is 0.0930 e. The minimum Gasteiger partial charge on any atom is -0.385 e. The van der Waals surface area contributed by atoms with Crippen LogP contribution in [0.5, 0.6) is 0 Å². The standard InChI is InChI=1S/C15H20O/c16-15(13-7-2-1-3-8-13)11-10-12-6-4-5-9-14(12)15/h4-6,9,13,16H,1-3,7-8,10-11H2. The Labute approximate surface area is 97.5 Å². The molecule has 1 fully saturated rings. The first-order valence-corrected chi connectivity index (χ1v) is 6.61. The van der Waals surface area contributed by atoms with Gasteiger partial charge in [-0.05, 0) is 42.7 Å².